The third kappa shape index (κ3) is 4.17. The molecular formula is C13H20N2O2. The zero-order chi connectivity index (χ0) is 12.8. The summed E-state index contributed by atoms with van der Waals surface area (Å²) in [4.78, 5) is 13.1. The minimum absolute atomic E-state index is 0.0577. The van der Waals surface area contributed by atoms with Gasteiger partial charge in [-0.25, -0.2) is 0 Å². The van der Waals surface area contributed by atoms with Crippen molar-refractivity contribution in [1.82, 2.24) is 0 Å². The first kappa shape index (κ1) is 13.7. The third-order valence-corrected chi connectivity index (χ3v) is 2.70. The number of nitrogens with zero attached hydrogens (tertiary/aromatic N) is 1. The Morgan fingerprint density at radius 1 is 1.41 bits per heavy atom. The van der Waals surface area contributed by atoms with Crippen LogP contribution in [0.5, 0.6) is 0 Å². The van der Waals surface area contributed by atoms with Gasteiger partial charge in [-0.05, 0) is 44.2 Å². The van der Waals surface area contributed by atoms with Crippen LogP contribution >= 0.6 is 0 Å². The van der Waals surface area contributed by atoms with Crippen LogP contribution in [-0.4, -0.2) is 37.1 Å². The van der Waals surface area contributed by atoms with Gasteiger partial charge in [-0.2, -0.15) is 0 Å². The van der Waals surface area contributed by atoms with Crippen LogP contribution in [0.4, 0.5) is 5.69 Å². The molecule has 0 amide bonds. The molecule has 0 aromatic heterocycles. The zero-order valence-corrected chi connectivity index (χ0v) is 10.4. The number of hydrogen-bond donors (Lipinski definition) is 2. The molecular weight excluding hydrogens is 216 g/mol. The van der Waals surface area contributed by atoms with E-state index >= 15 is 0 Å². The van der Waals surface area contributed by atoms with Crippen molar-refractivity contribution in [3.63, 3.8) is 0 Å². The molecule has 0 radical (unpaired) electrons. The highest BCUT2D eigenvalue weighted by atomic mass is 16.3. The van der Waals surface area contributed by atoms with Gasteiger partial charge in [0.1, 0.15) is 0 Å². The van der Waals surface area contributed by atoms with Gasteiger partial charge < -0.3 is 15.7 Å². The highest BCUT2D eigenvalue weighted by Gasteiger charge is 2.08. The molecule has 1 unspecified atom stereocenters. The summed E-state index contributed by atoms with van der Waals surface area (Å²) < 4.78 is 0. The first-order chi connectivity index (χ1) is 8.04. The average molecular weight is 236 g/mol. The second-order valence-electron chi connectivity index (χ2n) is 4.21. The van der Waals surface area contributed by atoms with Gasteiger partial charge in [-0.3, -0.25) is 4.79 Å². The first-order valence-corrected chi connectivity index (χ1v) is 5.75. The van der Waals surface area contributed by atoms with E-state index in [-0.39, 0.29) is 5.78 Å². The lowest BCUT2D eigenvalue weighted by atomic mass is 10.1. The van der Waals surface area contributed by atoms with Crippen molar-refractivity contribution in [2.45, 2.75) is 19.4 Å². The fourth-order valence-corrected chi connectivity index (χ4v) is 1.66. The molecule has 0 bridgehead atoms. The molecule has 0 saturated heterocycles. The van der Waals surface area contributed by atoms with E-state index in [0.717, 1.165) is 5.69 Å². The summed E-state index contributed by atoms with van der Waals surface area (Å²) in [5.74, 6) is 0.0577. The SMILES string of the molecule is CC(=O)c1ccc(N(C)CC(O)CCN)cc1. The summed E-state index contributed by atoms with van der Waals surface area (Å²) in [6, 6.07) is 7.35. The van der Waals surface area contributed by atoms with Crippen molar-refractivity contribution in [3.05, 3.63) is 29.8 Å². The van der Waals surface area contributed by atoms with E-state index in [0.29, 0.717) is 25.1 Å². The highest BCUT2D eigenvalue weighted by molar-refractivity contribution is 5.94. The van der Waals surface area contributed by atoms with Gasteiger partial charge in [-0.1, -0.05) is 0 Å². The molecule has 0 aliphatic rings. The summed E-state index contributed by atoms with van der Waals surface area (Å²) in [7, 11) is 1.91. The number of aliphatic hydroxyl groups excluding tert-OH is 1. The fourth-order valence-electron chi connectivity index (χ4n) is 1.66. The van der Waals surface area contributed by atoms with E-state index in [1.165, 1.54) is 0 Å². The number of likely N-dealkylation sites (N-methyl/N-ethyl adjacent to an activating group) is 1. The van der Waals surface area contributed by atoms with Crippen LogP contribution < -0.4 is 10.6 Å². The van der Waals surface area contributed by atoms with Gasteiger partial charge in [0.15, 0.2) is 5.78 Å². The fraction of sp³-hybridized carbons (Fsp3) is 0.462. The summed E-state index contributed by atoms with van der Waals surface area (Å²) in [6.07, 6.45) is 0.174. The number of Topliss-reactive ketones (excluding diaryl/α,β-unsaturated/α-hetero) is 1. The van der Waals surface area contributed by atoms with E-state index in [1.54, 1.807) is 19.1 Å². The van der Waals surface area contributed by atoms with Crippen LogP contribution in [0.15, 0.2) is 24.3 Å². The summed E-state index contributed by atoms with van der Waals surface area (Å²) in [5.41, 5.74) is 7.06. The van der Waals surface area contributed by atoms with Crippen LogP contribution in [0.1, 0.15) is 23.7 Å². The summed E-state index contributed by atoms with van der Waals surface area (Å²) >= 11 is 0. The summed E-state index contributed by atoms with van der Waals surface area (Å²) in [5, 5.41) is 9.65. The molecule has 17 heavy (non-hydrogen) atoms. The number of carbonyl (C=O) groups excluding carboxylic acids is 1. The lowest BCUT2D eigenvalue weighted by molar-refractivity contribution is 0.101. The first-order valence-electron chi connectivity index (χ1n) is 5.75. The quantitative estimate of drug-likeness (QED) is 0.724. The van der Waals surface area contributed by atoms with Gasteiger partial charge in [0, 0.05) is 24.8 Å². The monoisotopic (exact) mass is 236 g/mol. The minimum atomic E-state index is -0.419. The van der Waals surface area contributed by atoms with Gasteiger partial charge >= 0.3 is 0 Å². The predicted molar refractivity (Wildman–Crippen MR) is 69.4 cm³/mol. The standard InChI is InChI=1S/C13H20N2O2/c1-10(16)11-3-5-12(6-4-11)15(2)9-13(17)7-8-14/h3-6,13,17H,7-9,14H2,1-2H3. The Hall–Kier alpha value is -1.39. The van der Waals surface area contributed by atoms with E-state index in [2.05, 4.69) is 0 Å². The minimum Gasteiger partial charge on any atom is -0.391 e. The number of carbonyl (C=O) groups is 1. The smallest absolute Gasteiger partial charge is 0.159 e. The molecule has 0 aliphatic heterocycles. The number of aliphatic hydroxyl groups is 1. The van der Waals surface area contributed by atoms with E-state index in [1.807, 2.05) is 24.1 Å². The molecule has 0 saturated carbocycles. The van der Waals surface area contributed by atoms with Crippen LogP contribution in [0.2, 0.25) is 0 Å². The van der Waals surface area contributed by atoms with Gasteiger partial charge in [0.2, 0.25) is 0 Å². The average Bonchev–Trinajstić information content (AvgIpc) is 2.29. The van der Waals surface area contributed by atoms with Crippen LogP contribution in [0.3, 0.4) is 0 Å². The Morgan fingerprint density at radius 3 is 2.47 bits per heavy atom. The highest BCUT2D eigenvalue weighted by Crippen LogP contribution is 2.14. The number of benzene rings is 1. The van der Waals surface area contributed by atoms with Gasteiger partial charge in [0.05, 0.1) is 6.10 Å². The molecule has 94 valence electrons. The topological polar surface area (TPSA) is 66.6 Å². The van der Waals surface area contributed by atoms with Crippen molar-refractivity contribution >= 4 is 11.5 Å². The molecule has 0 fully saturated rings. The number of hydrogen-bond acceptors (Lipinski definition) is 4. The molecule has 1 aromatic rings. The molecule has 1 rings (SSSR count). The Labute approximate surface area is 102 Å². The molecule has 0 aliphatic carbocycles. The van der Waals surface area contributed by atoms with Crippen LogP contribution in [0.25, 0.3) is 0 Å². The Kier molecular flexibility index (Phi) is 5.12. The van der Waals surface area contributed by atoms with Gasteiger partial charge in [-0.15, -0.1) is 0 Å². The Morgan fingerprint density at radius 2 is 2.00 bits per heavy atom. The predicted octanol–water partition coefficient (Wildman–Crippen LogP) is 1.04. The van der Waals surface area contributed by atoms with E-state index in [4.69, 9.17) is 5.73 Å². The normalized spacial score (nSPS) is 12.2. The van der Waals surface area contributed by atoms with Crippen molar-refractivity contribution in [2.75, 3.05) is 25.0 Å². The summed E-state index contributed by atoms with van der Waals surface area (Å²) in [6.45, 7) is 2.57. The Balaban J connectivity index is 2.63. The molecule has 0 heterocycles. The Bertz CT molecular complexity index is 362. The van der Waals surface area contributed by atoms with Crippen LogP contribution in [-0.2, 0) is 0 Å². The lowest BCUT2D eigenvalue weighted by Gasteiger charge is -2.22. The largest absolute Gasteiger partial charge is 0.391 e. The number of anilines is 1. The molecule has 0 spiro atoms. The maximum Gasteiger partial charge on any atom is 0.159 e. The zero-order valence-electron chi connectivity index (χ0n) is 10.4. The van der Waals surface area contributed by atoms with Gasteiger partial charge in [0.25, 0.3) is 0 Å². The third-order valence-electron chi connectivity index (χ3n) is 2.70. The van der Waals surface area contributed by atoms with Crippen LogP contribution in [0, 0.1) is 0 Å². The number of ketones is 1. The van der Waals surface area contributed by atoms with Crippen molar-refractivity contribution < 1.29 is 9.90 Å². The number of rotatable bonds is 6. The maximum absolute atomic E-state index is 11.1. The van der Waals surface area contributed by atoms with E-state index in [9.17, 15) is 9.90 Å². The maximum atomic E-state index is 11.1. The lowest BCUT2D eigenvalue weighted by Crippen LogP contribution is -2.30. The van der Waals surface area contributed by atoms with Crippen molar-refractivity contribution in [2.24, 2.45) is 5.73 Å². The van der Waals surface area contributed by atoms with E-state index < -0.39 is 6.10 Å². The molecule has 3 N–H and O–H groups in total. The second kappa shape index (κ2) is 6.37. The molecule has 1 aromatic carbocycles. The molecule has 4 nitrogen and oxygen atoms in total. The molecule has 4 heteroatoms. The number of nitrogens with two attached hydrogens (primary N) is 1. The van der Waals surface area contributed by atoms with Crippen molar-refractivity contribution in [1.29, 1.82) is 0 Å². The second-order valence-corrected chi connectivity index (χ2v) is 4.21. The molecule has 1 atom stereocenters. The van der Waals surface area contributed by atoms with Crippen molar-refractivity contribution in [3.8, 4) is 0 Å².